The van der Waals surface area contributed by atoms with E-state index in [4.69, 9.17) is 14.2 Å². The summed E-state index contributed by atoms with van der Waals surface area (Å²) in [6.07, 6.45) is 79.9. The number of hydrogen-bond donors (Lipinski definition) is 0. The van der Waals surface area contributed by atoms with Crippen molar-refractivity contribution in [3.05, 3.63) is 12.2 Å². The summed E-state index contributed by atoms with van der Waals surface area (Å²) in [6.45, 7) is 6.69. The molecule has 6 nitrogen and oxygen atoms in total. The summed E-state index contributed by atoms with van der Waals surface area (Å²) in [6, 6.07) is 0. The molecule has 0 saturated carbocycles. The van der Waals surface area contributed by atoms with E-state index < -0.39 is 6.10 Å². The molecule has 456 valence electrons. The Bertz CT molecular complexity index is 1200. The Balaban J connectivity index is 3.98. The predicted octanol–water partition coefficient (Wildman–Crippen LogP) is 24.0. The van der Waals surface area contributed by atoms with Crippen molar-refractivity contribution < 1.29 is 28.6 Å². The van der Waals surface area contributed by atoms with E-state index in [1.54, 1.807) is 0 Å². The molecule has 1 atom stereocenters. The number of carbonyl (C=O) groups excluding carboxylic acids is 3. The lowest BCUT2D eigenvalue weighted by molar-refractivity contribution is -0.167. The van der Waals surface area contributed by atoms with E-state index in [-0.39, 0.29) is 31.1 Å². The van der Waals surface area contributed by atoms with Gasteiger partial charge in [-0.25, -0.2) is 0 Å². The lowest BCUT2D eigenvalue weighted by atomic mass is 10.0. The van der Waals surface area contributed by atoms with E-state index in [0.717, 1.165) is 57.8 Å². The molecule has 0 fully saturated rings. The normalized spacial score (nSPS) is 12.0. The van der Waals surface area contributed by atoms with Gasteiger partial charge in [0.25, 0.3) is 0 Å². The van der Waals surface area contributed by atoms with Gasteiger partial charge in [0, 0.05) is 19.3 Å². The van der Waals surface area contributed by atoms with E-state index in [1.807, 2.05) is 0 Å². The molecule has 0 rings (SSSR count). The van der Waals surface area contributed by atoms with Gasteiger partial charge in [-0.05, 0) is 44.9 Å². The smallest absolute Gasteiger partial charge is 0.306 e. The van der Waals surface area contributed by atoms with Crippen molar-refractivity contribution in [1.29, 1.82) is 0 Å². The average Bonchev–Trinajstić information content (AvgIpc) is 3.43. The zero-order valence-corrected chi connectivity index (χ0v) is 52.5. The Morgan fingerprint density at radius 2 is 0.429 bits per heavy atom. The minimum Gasteiger partial charge on any atom is -0.462 e. The van der Waals surface area contributed by atoms with Gasteiger partial charge < -0.3 is 14.2 Å². The van der Waals surface area contributed by atoms with Gasteiger partial charge in [0.2, 0.25) is 0 Å². The maximum atomic E-state index is 12.9. The second-order valence-corrected chi connectivity index (χ2v) is 24.2. The molecule has 0 radical (unpaired) electrons. The van der Waals surface area contributed by atoms with E-state index in [0.29, 0.717) is 19.3 Å². The Labute approximate surface area is 481 Å². The van der Waals surface area contributed by atoms with Crippen LogP contribution in [0.2, 0.25) is 0 Å². The van der Waals surface area contributed by atoms with Gasteiger partial charge in [0.1, 0.15) is 13.2 Å². The number of unbranched alkanes of at least 4 members (excludes halogenated alkanes) is 53. The second kappa shape index (κ2) is 66.7. The molecule has 0 heterocycles. The van der Waals surface area contributed by atoms with Crippen LogP contribution in [0.25, 0.3) is 0 Å². The largest absolute Gasteiger partial charge is 0.462 e. The van der Waals surface area contributed by atoms with Crippen LogP contribution in [0.5, 0.6) is 0 Å². The quantitative estimate of drug-likeness (QED) is 0.0261. The van der Waals surface area contributed by atoms with Crippen molar-refractivity contribution in [3.8, 4) is 0 Å². The summed E-state index contributed by atoms with van der Waals surface area (Å²) >= 11 is 0. The minimum absolute atomic E-state index is 0.0657. The van der Waals surface area contributed by atoms with E-state index in [2.05, 4.69) is 32.9 Å². The standard InChI is InChI=1S/C71H136O6/c1-4-7-10-13-16-19-21-23-25-27-28-29-30-31-32-33-34-35-36-37-38-39-40-41-42-44-45-47-49-52-55-58-61-64-70(73)76-67-68(66-75-69(72)63-60-57-54-51-18-15-12-9-6-3)77-71(74)65-62-59-56-53-50-48-46-43-26-24-22-20-17-14-11-8-5-2/h24,26,68H,4-23,25,27-67H2,1-3H3/b26-24-. The van der Waals surface area contributed by atoms with E-state index in [9.17, 15) is 14.4 Å². The van der Waals surface area contributed by atoms with Gasteiger partial charge in [-0.1, -0.05) is 354 Å². The second-order valence-electron chi connectivity index (χ2n) is 24.2. The number of rotatable bonds is 66. The molecule has 77 heavy (non-hydrogen) atoms. The highest BCUT2D eigenvalue weighted by atomic mass is 16.6. The lowest BCUT2D eigenvalue weighted by Crippen LogP contribution is -2.30. The molecule has 0 aromatic heterocycles. The molecule has 0 aliphatic rings. The molecule has 0 N–H and O–H groups in total. The molecule has 0 saturated heterocycles. The first-order valence-corrected chi connectivity index (χ1v) is 35.2. The fourth-order valence-electron chi connectivity index (χ4n) is 11.0. The molecule has 0 aromatic rings. The summed E-state index contributed by atoms with van der Waals surface area (Å²) in [5.41, 5.74) is 0. The van der Waals surface area contributed by atoms with Crippen molar-refractivity contribution >= 4 is 17.9 Å². The Kier molecular flexibility index (Phi) is 65.1. The molecule has 6 heteroatoms. The van der Waals surface area contributed by atoms with Crippen LogP contribution in [0.15, 0.2) is 12.2 Å². The van der Waals surface area contributed by atoms with Crippen LogP contribution in [0.3, 0.4) is 0 Å². The first-order valence-electron chi connectivity index (χ1n) is 35.2. The molecule has 0 aliphatic heterocycles. The fourth-order valence-corrected chi connectivity index (χ4v) is 11.0. The van der Waals surface area contributed by atoms with E-state index >= 15 is 0 Å². The third-order valence-electron chi connectivity index (χ3n) is 16.3. The Hall–Kier alpha value is -1.85. The number of allylic oxidation sites excluding steroid dienone is 2. The molecule has 0 amide bonds. The van der Waals surface area contributed by atoms with Gasteiger partial charge in [-0.2, -0.15) is 0 Å². The van der Waals surface area contributed by atoms with Crippen molar-refractivity contribution in [1.82, 2.24) is 0 Å². The number of ether oxygens (including phenoxy) is 3. The van der Waals surface area contributed by atoms with Crippen LogP contribution < -0.4 is 0 Å². The van der Waals surface area contributed by atoms with Crippen LogP contribution in [-0.2, 0) is 28.6 Å². The average molecular weight is 1090 g/mol. The lowest BCUT2D eigenvalue weighted by Gasteiger charge is -2.18. The molecule has 0 aliphatic carbocycles. The summed E-state index contributed by atoms with van der Waals surface area (Å²) in [5.74, 6) is -0.844. The predicted molar refractivity (Wildman–Crippen MR) is 335 cm³/mol. The summed E-state index contributed by atoms with van der Waals surface area (Å²) in [4.78, 5) is 38.2. The molecular weight excluding hydrogens is 949 g/mol. The first kappa shape index (κ1) is 75.2. The number of esters is 3. The molecule has 1 unspecified atom stereocenters. The third-order valence-corrected chi connectivity index (χ3v) is 16.3. The maximum absolute atomic E-state index is 12.9. The van der Waals surface area contributed by atoms with Crippen LogP contribution in [0, 0.1) is 0 Å². The zero-order valence-electron chi connectivity index (χ0n) is 52.5. The highest BCUT2D eigenvalue weighted by molar-refractivity contribution is 5.71. The summed E-state index contributed by atoms with van der Waals surface area (Å²) in [5, 5.41) is 0. The van der Waals surface area contributed by atoms with Gasteiger partial charge in [-0.15, -0.1) is 0 Å². The molecule has 0 aromatic carbocycles. The Morgan fingerprint density at radius 1 is 0.247 bits per heavy atom. The van der Waals surface area contributed by atoms with Gasteiger partial charge in [0.05, 0.1) is 0 Å². The zero-order chi connectivity index (χ0) is 55.7. The third kappa shape index (κ3) is 64.9. The number of hydrogen-bond acceptors (Lipinski definition) is 6. The van der Waals surface area contributed by atoms with Crippen LogP contribution >= 0.6 is 0 Å². The van der Waals surface area contributed by atoms with E-state index in [1.165, 1.54) is 308 Å². The highest BCUT2D eigenvalue weighted by Gasteiger charge is 2.19. The number of carbonyl (C=O) groups is 3. The SMILES string of the molecule is CCCCCCCC/C=C\CCCCCCCCCC(=O)OC(COC(=O)CCCCCCCCCCC)COC(=O)CCCCCCCCCCCCCCCCCCCCCCCCCCCCCCCCCCC. The summed E-state index contributed by atoms with van der Waals surface area (Å²) < 4.78 is 16.9. The monoisotopic (exact) mass is 1090 g/mol. The fraction of sp³-hybridized carbons (Fsp3) is 0.930. The minimum atomic E-state index is -0.767. The topological polar surface area (TPSA) is 78.9 Å². The van der Waals surface area contributed by atoms with Crippen LogP contribution in [0.1, 0.15) is 406 Å². The van der Waals surface area contributed by atoms with Gasteiger partial charge >= 0.3 is 17.9 Å². The van der Waals surface area contributed by atoms with Crippen molar-refractivity contribution in [2.24, 2.45) is 0 Å². The van der Waals surface area contributed by atoms with Crippen LogP contribution in [-0.4, -0.2) is 37.2 Å². The molecule has 0 spiro atoms. The highest BCUT2D eigenvalue weighted by Crippen LogP contribution is 2.19. The summed E-state index contributed by atoms with van der Waals surface area (Å²) in [7, 11) is 0. The van der Waals surface area contributed by atoms with Crippen molar-refractivity contribution in [3.63, 3.8) is 0 Å². The molecule has 0 bridgehead atoms. The maximum Gasteiger partial charge on any atom is 0.306 e. The first-order chi connectivity index (χ1) is 38.0. The van der Waals surface area contributed by atoms with Crippen LogP contribution in [0.4, 0.5) is 0 Å². The van der Waals surface area contributed by atoms with Crippen molar-refractivity contribution in [2.75, 3.05) is 13.2 Å². The molecular formula is C71H136O6. The van der Waals surface area contributed by atoms with Crippen molar-refractivity contribution in [2.45, 2.75) is 412 Å². The Morgan fingerprint density at radius 3 is 0.649 bits per heavy atom. The van der Waals surface area contributed by atoms with Gasteiger partial charge in [0.15, 0.2) is 6.10 Å². The van der Waals surface area contributed by atoms with Gasteiger partial charge in [-0.3, -0.25) is 14.4 Å².